The van der Waals surface area contributed by atoms with Crippen molar-refractivity contribution in [2.24, 2.45) is 5.16 Å². The normalized spacial score (nSPS) is 19.2. The summed E-state index contributed by atoms with van der Waals surface area (Å²) in [4.78, 5) is 2.20. The van der Waals surface area contributed by atoms with E-state index in [1.807, 2.05) is 18.2 Å². The van der Waals surface area contributed by atoms with Gasteiger partial charge in [-0.15, -0.1) is 0 Å². The summed E-state index contributed by atoms with van der Waals surface area (Å²) in [5.41, 5.74) is 3.00. The molecule has 3 heteroatoms. The standard InChI is InChI=1S/C11H14N2O/c1-13-8-4-6-10(12-14)9-5-2-3-7-11(9)13/h2-3,5,7,14H,4,6,8H2,1H3/b12-10+. The third-order valence-electron chi connectivity index (χ3n) is 2.65. The highest BCUT2D eigenvalue weighted by atomic mass is 16.4. The molecule has 74 valence electrons. The molecule has 0 saturated heterocycles. The number of benzene rings is 1. The van der Waals surface area contributed by atoms with Crippen LogP contribution in [-0.4, -0.2) is 24.5 Å². The Balaban J connectivity index is 2.53. The van der Waals surface area contributed by atoms with Crippen LogP contribution in [0.25, 0.3) is 0 Å². The lowest BCUT2D eigenvalue weighted by atomic mass is 10.1. The van der Waals surface area contributed by atoms with Crippen LogP contribution in [0.1, 0.15) is 18.4 Å². The molecule has 1 aliphatic rings. The second-order valence-corrected chi connectivity index (χ2v) is 3.59. The molecule has 1 aliphatic heterocycles. The van der Waals surface area contributed by atoms with Crippen LogP contribution < -0.4 is 4.90 Å². The summed E-state index contributed by atoms with van der Waals surface area (Å²) in [5, 5.41) is 12.3. The molecular formula is C11H14N2O. The Morgan fingerprint density at radius 3 is 2.93 bits per heavy atom. The number of hydrogen-bond donors (Lipinski definition) is 1. The molecule has 0 aliphatic carbocycles. The maximum atomic E-state index is 8.92. The molecule has 2 rings (SSSR count). The fraction of sp³-hybridized carbons (Fsp3) is 0.364. The van der Waals surface area contributed by atoms with E-state index in [0.29, 0.717) is 0 Å². The van der Waals surface area contributed by atoms with E-state index in [-0.39, 0.29) is 0 Å². The average Bonchev–Trinajstić information content (AvgIpc) is 2.39. The average molecular weight is 190 g/mol. The summed E-state index contributed by atoms with van der Waals surface area (Å²) in [6.07, 6.45) is 1.88. The summed E-state index contributed by atoms with van der Waals surface area (Å²) >= 11 is 0. The number of hydrogen-bond acceptors (Lipinski definition) is 3. The van der Waals surface area contributed by atoms with Crippen LogP contribution >= 0.6 is 0 Å². The first kappa shape index (κ1) is 9.06. The lowest BCUT2D eigenvalue weighted by molar-refractivity contribution is 0.318. The van der Waals surface area contributed by atoms with Gasteiger partial charge in [0.2, 0.25) is 0 Å². The van der Waals surface area contributed by atoms with Crippen molar-refractivity contribution in [3.63, 3.8) is 0 Å². The Morgan fingerprint density at radius 2 is 2.14 bits per heavy atom. The highest BCUT2D eigenvalue weighted by molar-refractivity contribution is 6.05. The topological polar surface area (TPSA) is 35.8 Å². The summed E-state index contributed by atoms with van der Waals surface area (Å²) in [6.45, 7) is 1.01. The number of anilines is 1. The molecule has 0 amide bonds. The highest BCUT2D eigenvalue weighted by Gasteiger charge is 2.16. The summed E-state index contributed by atoms with van der Waals surface area (Å²) < 4.78 is 0. The molecule has 0 unspecified atom stereocenters. The van der Waals surface area contributed by atoms with E-state index >= 15 is 0 Å². The molecule has 1 aromatic carbocycles. The van der Waals surface area contributed by atoms with Gasteiger partial charge in [0, 0.05) is 24.8 Å². The van der Waals surface area contributed by atoms with E-state index in [4.69, 9.17) is 5.21 Å². The van der Waals surface area contributed by atoms with Crippen molar-refractivity contribution in [2.45, 2.75) is 12.8 Å². The Labute approximate surface area is 83.7 Å². The van der Waals surface area contributed by atoms with Crippen molar-refractivity contribution in [3.8, 4) is 0 Å². The second-order valence-electron chi connectivity index (χ2n) is 3.59. The van der Waals surface area contributed by atoms with Crippen LogP contribution in [0.3, 0.4) is 0 Å². The van der Waals surface area contributed by atoms with E-state index < -0.39 is 0 Å². The highest BCUT2D eigenvalue weighted by Crippen LogP contribution is 2.24. The van der Waals surface area contributed by atoms with Crippen molar-refractivity contribution in [1.29, 1.82) is 0 Å². The maximum absolute atomic E-state index is 8.92. The van der Waals surface area contributed by atoms with Gasteiger partial charge in [0.15, 0.2) is 0 Å². The van der Waals surface area contributed by atoms with E-state index in [9.17, 15) is 0 Å². The van der Waals surface area contributed by atoms with Gasteiger partial charge >= 0.3 is 0 Å². The number of rotatable bonds is 0. The van der Waals surface area contributed by atoms with Crippen molar-refractivity contribution in [3.05, 3.63) is 29.8 Å². The van der Waals surface area contributed by atoms with Crippen LogP contribution in [0.2, 0.25) is 0 Å². The molecule has 0 spiro atoms. The molecule has 1 heterocycles. The fourth-order valence-electron chi connectivity index (χ4n) is 1.89. The fourth-order valence-corrected chi connectivity index (χ4v) is 1.89. The van der Waals surface area contributed by atoms with Crippen LogP contribution in [-0.2, 0) is 0 Å². The predicted octanol–water partition coefficient (Wildman–Crippen LogP) is 2.09. The number of fused-ring (bicyclic) bond motifs is 1. The van der Waals surface area contributed by atoms with E-state index in [1.165, 1.54) is 0 Å². The molecular weight excluding hydrogens is 176 g/mol. The molecule has 3 nitrogen and oxygen atoms in total. The smallest absolute Gasteiger partial charge is 0.0889 e. The van der Waals surface area contributed by atoms with Gasteiger partial charge < -0.3 is 10.1 Å². The molecule has 0 radical (unpaired) electrons. The molecule has 0 bridgehead atoms. The predicted molar refractivity (Wildman–Crippen MR) is 57.3 cm³/mol. The first-order chi connectivity index (χ1) is 6.83. The van der Waals surface area contributed by atoms with Gasteiger partial charge in [0.1, 0.15) is 0 Å². The van der Waals surface area contributed by atoms with Crippen molar-refractivity contribution in [2.75, 3.05) is 18.5 Å². The van der Waals surface area contributed by atoms with Gasteiger partial charge in [0.05, 0.1) is 5.71 Å². The number of para-hydroxylation sites is 1. The van der Waals surface area contributed by atoms with Crippen molar-refractivity contribution >= 4 is 11.4 Å². The van der Waals surface area contributed by atoms with Crippen LogP contribution in [0.4, 0.5) is 5.69 Å². The van der Waals surface area contributed by atoms with Gasteiger partial charge in [-0.2, -0.15) is 0 Å². The largest absolute Gasteiger partial charge is 0.411 e. The van der Waals surface area contributed by atoms with Crippen LogP contribution in [0.15, 0.2) is 29.4 Å². The maximum Gasteiger partial charge on any atom is 0.0889 e. The molecule has 14 heavy (non-hydrogen) atoms. The Bertz CT molecular complexity index is 360. The van der Waals surface area contributed by atoms with Crippen LogP contribution in [0.5, 0.6) is 0 Å². The van der Waals surface area contributed by atoms with Gasteiger partial charge in [-0.05, 0) is 18.9 Å². The SMILES string of the molecule is CN1CCC/C(=N\O)c2ccccc21. The van der Waals surface area contributed by atoms with Crippen molar-refractivity contribution in [1.82, 2.24) is 0 Å². The third kappa shape index (κ3) is 1.45. The molecule has 0 fully saturated rings. The third-order valence-corrected chi connectivity index (χ3v) is 2.65. The molecule has 1 aromatic rings. The quantitative estimate of drug-likeness (QED) is 0.502. The zero-order chi connectivity index (χ0) is 9.97. The molecule has 0 saturated carbocycles. The molecule has 0 aromatic heterocycles. The Hall–Kier alpha value is -1.51. The summed E-state index contributed by atoms with van der Waals surface area (Å²) in [7, 11) is 2.07. The minimum Gasteiger partial charge on any atom is -0.411 e. The van der Waals surface area contributed by atoms with Gasteiger partial charge in [0.25, 0.3) is 0 Å². The first-order valence-electron chi connectivity index (χ1n) is 4.84. The van der Waals surface area contributed by atoms with Gasteiger partial charge in [-0.25, -0.2) is 0 Å². The zero-order valence-electron chi connectivity index (χ0n) is 8.27. The lowest BCUT2D eigenvalue weighted by Crippen LogP contribution is -2.17. The minimum atomic E-state index is 0.796. The van der Waals surface area contributed by atoms with Crippen molar-refractivity contribution < 1.29 is 5.21 Å². The minimum absolute atomic E-state index is 0.796. The second kappa shape index (κ2) is 3.70. The van der Waals surface area contributed by atoms with Crippen LogP contribution in [0, 0.1) is 0 Å². The zero-order valence-corrected chi connectivity index (χ0v) is 8.27. The van der Waals surface area contributed by atoms with E-state index in [1.54, 1.807) is 0 Å². The molecule has 1 N–H and O–H groups in total. The van der Waals surface area contributed by atoms with E-state index in [0.717, 1.165) is 36.3 Å². The Kier molecular flexibility index (Phi) is 2.39. The molecule has 0 atom stereocenters. The summed E-state index contributed by atoms with van der Waals surface area (Å²) in [5.74, 6) is 0. The number of oxime groups is 1. The monoisotopic (exact) mass is 190 g/mol. The first-order valence-corrected chi connectivity index (χ1v) is 4.84. The van der Waals surface area contributed by atoms with Gasteiger partial charge in [-0.1, -0.05) is 23.4 Å². The van der Waals surface area contributed by atoms with Gasteiger partial charge in [-0.3, -0.25) is 0 Å². The summed E-state index contributed by atoms with van der Waals surface area (Å²) in [6, 6.07) is 8.05. The van der Waals surface area contributed by atoms with E-state index in [2.05, 4.69) is 23.2 Å². The lowest BCUT2D eigenvalue weighted by Gasteiger charge is -2.18. The number of nitrogens with zero attached hydrogens (tertiary/aromatic N) is 2. The Morgan fingerprint density at radius 1 is 1.36 bits per heavy atom.